The number of piperidine rings is 1. The first-order valence-corrected chi connectivity index (χ1v) is 8.52. The van der Waals surface area contributed by atoms with Crippen LogP contribution in [0.25, 0.3) is 0 Å². The highest BCUT2D eigenvalue weighted by Crippen LogP contribution is 2.32. The third-order valence-electron chi connectivity index (χ3n) is 4.32. The predicted molar refractivity (Wildman–Crippen MR) is 88.3 cm³/mol. The molecular weight excluding hydrogens is 327 g/mol. The van der Waals surface area contributed by atoms with Gasteiger partial charge in [0.1, 0.15) is 5.82 Å². The number of aryl methyl sites for hydroxylation is 2. The summed E-state index contributed by atoms with van der Waals surface area (Å²) >= 11 is 0. The molecule has 1 heterocycles. The topological polar surface area (TPSA) is 63.4 Å². The van der Waals surface area contributed by atoms with E-state index in [2.05, 4.69) is 0 Å². The molecule has 7 heteroatoms. The van der Waals surface area contributed by atoms with Gasteiger partial charge in [-0.15, -0.1) is 12.4 Å². The summed E-state index contributed by atoms with van der Waals surface area (Å²) in [5.74, 6) is -0.352. The van der Waals surface area contributed by atoms with E-state index in [9.17, 15) is 12.8 Å². The Kier molecular flexibility index (Phi) is 5.66. The Hall–Kier alpha value is -0.690. The summed E-state index contributed by atoms with van der Waals surface area (Å²) < 4.78 is 40.7. The van der Waals surface area contributed by atoms with Gasteiger partial charge in [-0.05, 0) is 48.9 Å². The van der Waals surface area contributed by atoms with Crippen LogP contribution in [0.5, 0.6) is 0 Å². The lowest BCUT2D eigenvalue weighted by atomic mass is 9.81. The van der Waals surface area contributed by atoms with E-state index in [4.69, 9.17) is 5.73 Å². The molecule has 1 aromatic rings. The van der Waals surface area contributed by atoms with Crippen molar-refractivity contribution in [2.45, 2.75) is 45.1 Å². The maximum absolute atomic E-state index is 13.7. The highest BCUT2D eigenvalue weighted by molar-refractivity contribution is 7.89. The second-order valence-corrected chi connectivity index (χ2v) is 8.53. The van der Waals surface area contributed by atoms with Gasteiger partial charge in [0.15, 0.2) is 0 Å². The van der Waals surface area contributed by atoms with Crippen molar-refractivity contribution in [2.75, 3.05) is 13.1 Å². The van der Waals surface area contributed by atoms with Gasteiger partial charge in [0.25, 0.3) is 0 Å². The van der Waals surface area contributed by atoms with Gasteiger partial charge in [-0.1, -0.05) is 13.8 Å². The molecule has 2 rings (SSSR count). The van der Waals surface area contributed by atoms with Crippen LogP contribution in [0.4, 0.5) is 4.39 Å². The third kappa shape index (κ3) is 3.45. The molecule has 0 aliphatic carbocycles. The zero-order valence-corrected chi connectivity index (χ0v) is 15.0. The van der Waals surface area contributed by atoms with Crippen LogP contribution in [0.1, 0.15) is 31.4 Å². The Morgan fingerprint density at radius 1 is 1.27 bits per heavy atom. The third-order valence-corrected chi connectivity index (χ3v) is 6.15. The van der Waals surface area contributed by atoms with Gasteiger partial charge < -0.3 is 5.73 Å². The number of hydrogen-bond acceptors (Lipinski definition) is 3. The SMILES string of the molecule is Cc1cc(S(=O)(=O)N2CCC(N)C(C)(C)C2)cc(C)c1F.Cl. The molecule has 1 saturated heterocycles. The lowest BCUT2D eigenvalue weighted by molar-refractivity contribution is 0.155. The minimum Gasteiger partial charge on any atom is -0.327 e. The summed E-state index contributed by atoms with van der Waals surface area (Å²) in [5, 5.41) is 0. The van der Waals surface area contributed by atoms with Crippen LogP contribution < -0.4 is 5.73 Å². The molecule has 1 aliphatic rings. The molecule has 2 N–H and O–H groups in total. The summed E-state index contributed by atoms with van der Waals surface area (Å²) in [6.07, 6.45) is 0.630. The zero-order chi connectivity index (χ0) is 16.0. The minimum atomic E-state index is -3.61. The Morgan fingerprint density at radius 3 is 2.23 bits per heavy atom. The van der Waals surface area contributed by atoms with E-state index in [1.165, 1.54) is 16.4 Å². The molecule has 0 spiro atoms. The average Bonchev–Trinajstić information content (AvgIpc) is 2.38. The largest absolute Gasteiger partial charge is 0.327 e. The van der Waals surface area contributed by atoms with Gasteiger partial charge in [0, 0.05) is 19.1 Å². The zero-order valence-electron chi connectivity index (χ0n) is 13.4. The lowest BCUT2D eigenvalue weighted by Crippen LogP contribution is -2.53. The second-order valence-electron chi connectivity index (χ2n) is 6.59. The van der Waals surface area contributed by atoms with Gasteiger partial charge >= 0.3 is 0 Å². The van der Waals surface area contributed by atoms with Crippen molar-refractivity contribution in [3.8, 4) is 0 Å². The molecule has 0 saturated carbocycles. The molecule has 4 nitrogen and oxygen atoms in total. The highest BCUT2D eigenvalue weighted by atomic mass is 35.5. The number of rotatable bonds is 2. The van der Waals surface area contributed by atoms with E-state index in [-0.39, 0.29) is 34.6 Å². The fraction of sp³-hybridized carbons (Fsp3) is 0.600. The fourth-order valence-electron chi connectivity index (χ4n) is 2.73. The Labute approximate surface area is 138 Å². The standard InChI is InChI=1S/C15H23FN2O2S.ClH/c1-10-7-12(8-11(2)14(10)16)21(19,20)18-6-5-13(17)15(3,4)9-18;/h7-8,13H,5-6,9,17H2,1-4H3;1H. The van der Waals surface area contributed by atoms with Crippen LogP contribution in [0.2, 0.25) is 0 Å². The maximum atomic E-state index is 13.7. The van der Waals surface area contributed by atoms with Crippen molar-refractivity contribution in [3.05, 3.63) is 29.1 Å². The minimum absolute atomic E-state index is 0. The Balaban J connectivity index is 0.00000242. The Bertz CT molecular complexity index is 639. The van der Waals surface area contributed by atoms with Crippen molar-refractivity contribution in [1.82, 2.24) is 4.31 Å². The summed E-state index contributed by atoms with van der Waals surface area (Å²) in [7, 11) is -3.61. The predicted octanol–water partition coefficient (Wildman–Crippen LogP) is 2.61. The summed E-state index contributed by atoms with van der Waals surface area (Å²) in [4.78, 5) is 0.158. The molecule has 1 unspecified atom stereocenters. The molecule has 0 bridgehead atoms. The van der Waals surface area contributed by atoms with Crippen LogP contribution in [-0.4, -0.2) is 31.9 Å². The first-order chi connectivity index (χ1) is 9.55. The van der Waals surface area contributed by atoms with E-state index >= 15 is 0 Å². The molecule has 1 aliphatic heterocycles. The smallest absolute Gasteiger partial charge is 0.243 e. The molecule has 0 radical (unpaired) electrons. The molecule has 0 aromatic heterocycles. The van der Waals surface area contributed by atoms with Crippen molar-refractivity contribution >= 4 is 22.4 Å². The van der Waals surface area contributed by atoms with Crippen molar-refractivity contribution < 1.29 is 12.8 Å². The van der Waals surface area contributed by atoms with Crippen LogP contribution in [0.15, 0.2) is 17.0 Å². The fourth-order valence-corrected chi connectivity index (χ4v) is 4.53. The lowest BCUT2D eigenvalue weighted by Gasteiger charge is -2.41. The number of sulfonamides is 1. The maximum Gasteiger partial charge on any atom is 0.243 e. The summed E-state index contributed by atoms with van der Waals surface area (Å²) in [5.41, 5.74) is 6.48. The molecular formula is C15H24ClFN2O2S. The normalized spacial score (nSPS) is 22.2. The monoisotopic (exact) mass is 350 g/mol. The van der Waals surface area contributed by atoms with Crippen LogP contribution >= 0.6 is 12.4 Å². The molecule has 0 amide bonds. The van der Waals surface area contributed by atoms with Gasteiger partial charge in [0.2, 0.25) is 10.0 Å². The highest BCUT2D eigenvalue weighted by Gasteiger charge is 2.38. The van der Waals surface area contributed by atoms with Gasteiger partial charge in [-0.25, -0.2) is 12.8 Å². The van der Waals surface area contributed by atoms with Crippen LogP contribution in [-0.2, 0) is 10.0 Å². The van der Waals surface area contributed by atoms with E-state index in [0.29, 0.717) is 30.6 Å². The van der Waals surface area contributed by atoms with E-state index in [1.54, 1.807) is 13.8 Å². The number of nitrogens with two attached hydrogens (primary N) is 1. The Morgan fingerprint density at radius 2 is 1.77 bits per heavy atom. The van der Waals surface area contributed by atoms with Crippen LogP contribution in [0, 0.1) is 25.1 Å². The van der Waals surface area contributed by atoms with Gasteiger partial charge in [-0.3, -0.25) is 0 Å². The van der Waals surface area contributed by atoms with Gasteiger partial charge in [0.05, 0.1) is 4.90 Å². The van der Waals surface area contributed by atoms with Crippen LogP contribution in [0.3, 0.4) is 0 Å². The molecule has 1 atom stereocenters. The van der Waals surface area contributed by atoms with Gasteiger partial charge in [-0.2, -0.15) is 4.31 Å². The molecule has 1 aromatic carbocycles. The first-order valence-electron chi connectivity index (χ1n) is 7.08. The molecule has 126 valence electrons. The van der Waals surface area contributed by atoms with Crippen molar-refractivity contribution in [2.24, 2.45) is 11.1 Å². The number of hydrogen-bond donors (Lipinski definition) is 1. The quantitative estimate of drug-likeness (QED) is 0.891. The molecule has 22 heavy (non-hydrogen) atoms. The average molecular weight is 351 g/mol. The molecule has 1 fully saturated rings. The summed E-state index contributed by atoms with van der Waals surface area (Å²) in [6, 6.07) is 2.79. The van der Waals surface area contributed by atoms with E-state index in [0.717, 1.165) is 0 Å². The van der Waals surface area contributed by atoms with E-state index in [1.807, 2.05) is 13.8 Å². The second kappa shape index (κ2) is 6.43. The van der Waals surface area contributed by atoms with Crippen molar-refractivity contribution in [1.29, 1.82) is 0 Å². The summed E-state index contributed by atoms with van der Waals surface area (Å²) in [6.45, 7) is 7.89. The first kappa shape index (κ1) is 19.4. The van der Waals surface area contributed by atoms with Crippen molar-refractivity contribution in [3.63, 3.8) is 0 Å². The number of halogens is 2. The number of nitrogens with zero attached hydrogens (tertiary/aromatic N) is 1. The van der Waals surface area contributed by atoms with E-state index < -0.39 is 10.0 Å². The number of benzene rings is 1.